The second-order valence-electron chi connectivity index (χ2n) is 6.07. The van der Waals surface area contributed by atoms with Crippen LogP contribution in [0.25, 0.3) is 0 Å². The van der Waals surface area contributed by atoms with Crippen LogP contribution in [-0.2, 0) is 21.4 Å². The lowest BCUT2D eigenvalue weighted by Gasteiger charge is -2.29. The van der Waals surface area contributed by atoms with E-state index < -0.39 is 27.7 Å². The van der Waals surface area contributed by atoms with E-state index in [0.717, 1.165) is 9.87 Å². The zero-order valence-electron chi connectivity index (χ0n) is 14.7. The number of halogens is 1. The fourth-order valence-corrected chi connectivity index (χ4v) is 4.17. The second kappa shape index (κ2) is 8.33. The number of aryl methyl sites for hydroxylation is 1. The van der Waals surface area contributed by atoms with E-state index in [4.69, 9.17) is 0 Å². The summed E-state index contributed by atoms with van der Waals surface area (Å²) in [6, 6.07) is 8.48. The lowest BCUT2D eigenvalue weighted by atomic mass is 10.1. The van der Waals surface area contributed by atoms with Crippen molar-refractivity contribution in [3.63, 3.8) is 0 Å². The smallest absolute Gasteiger partial charge is 0.244 e. The van der Waals surface area contributed by atoms with Gasteiger partial charge >= 0.3 is 0 Å². The molecule has 0 aliphatic carbocycles. The van der Waals surface area contributed by atoms with Crippen LogP contribution >= 0.6 is 0 Å². The van der Waals surface area contributed by atoms with E-state index in [2.05, 4.69) is 11.6 Å². The van der Waals surface area contributed by atoms with Crippen LogP contribution < -0.4 is 0 Å². The number of nitrogens with zero attached hydrogens (tertiary/aromatic N) is 2. The van der Waals surface area contributed by atoms with Gasteiger partial charge in [0.05, 0.1) is 16.8 Å². The molecule has 1 aromatic heterocycles. The first-order valence-electron chi connectivity index (χ1n) is 8.03. The molecule has 0 fully saturated rings. The lowest BCUT2D eigenvalue weighted by molar-refractivity contribution is -0.120. The van der Waals surface area contributed by atoms with E-state index in [9.17, 15) is 17.6 Å². The predicted octanol–water partition coefficient (Wildman–Crippen LogP) is 3.41. The summed E-state index contributed by atoms with van der Waals surface area (Å²) in [4.78, 5) is 16.1. The van der Waals surface area contributed by atoms with Gasteiger partial charge in [-0.1, -0.05) is 30.3 Å². The van der Waals surface area contributed by atoms with Gasteiger partial charge in [-0.05, 0) is 37.6 Å². The Labute approximate surface area is 153 Å². The van der Waals surface area contributed by atoms with Gasteiger partial charge in [-0.15, -0.1) is 0 Å². The summed E-state index contributed by atoms with van der Waals surface area (Å²) in [5.41, 5.74) is 1.50. The Bertz CT molecular complexity index is 881. The van der Waals surface area contributed by atoms with E-state index >= 15 is 0 Å². The highest BCUT2D eigenvalue weighted by Gasteiger charge is 2.34. The molecule has 138 valence electrons. The highest BCUT2D eigenvalue weighted by molar-refractivity contribution is 7.89. The number of sulfonamides is 1. The number of rotatable bonds is 8. The maximum atomic E-state index is 13.5. The van der Waals surface area contributed by atoms with Crippen LogP contribution in [0.2, 0.25) is 0 Å². The largest absolute Gasteiger partial charge is 0.298 e. The molecule has 0 amide bonds. The molecule has 0 aliphatic heterocycles. The average molecular weight is 376 g/mol. The minimum Gasteiger partial charge on any atom is -0.298 e. The molecule has 7 heteroatoms. The van der Waals surface area contributed by atoms with Crippen LogP contribution in [0.3, 0.4) is 0 Å². The summed E-state index contributed by atoms with van der Waals surface area (Å²) in [5, 5.41) is 0. The van der Waals surface area contributed by atoms with Crippen LogP contribution in [0.4, 0.5) is 4.39 Å². The lowest BCUT2D eigenvalue weighted by Crippen LogP contribution is -2.43. The molecule has 0 spiro atoms. The summed E-state index contributed by atoms with van der Waals surface area (Å²) in [7, 11) is -4.03. The molecule has 0 unspecified atom stereocenters. The minimum absolute atomic E-state index is 0.0442. The number of pyridine rings is 1. The zero-order valence-corrected chi connectivity index (χ0v) is 15.5. The van der Waals surface area contributed by atoms with Gasteiger partial charge in [-0.25, -0.2) is 12.8 Å². The zero-order chi connectivity index (χ0) is 19.3. The van der Waals surface area contributed by atoms with Crippen LogP contribution in [0, 0.1) is 6.92 Å². The molecular weight excluding hydrogens is 355 g/mol. The Morgan fingerprint density at radius 1 is 1.27 bits per heavy atom. The van der Waals surface area contributed by atoms with Crippen molar-refractivity contribution in [2.24, 2.45) is 0 Å². The molecule has 1 heterocycles. The minimum atomic E-state index is -4.03. The van der Waals surface area contributed by atoms with Crippen molar-refractivity contribution >= 4 is 15.8 Å². The van der Waals surface area contributed by atoms with Gasteiger partial charge in [0.1, 0.15) is 5.78 Å². The van der Waals surface area contributed by atoms with Gasteiger partial charge in [-0.3, -0.25) is 9.78 Å². The first-order chi connectivity index (χ1) is 12.2. The topological polar surface area (TPSA) is 67.3 Å². The fraction of sp³-hybridized carbons (Fsp3) is 0.263. The maximum Gasteiger partial charge on any atom is 0.244 e. The Hall–Kier alpha value is -2.38. The molecule has 0 aliphatic rings. The first kappa shape index (κ1) is 19.9. The van der Waals surface area contributed by atoms with E-state index in [0.29, 0.717) is 5.56 Å². The number of benzene rings is 1. The number of Topliss-reactive ketones (excluding diaryl/α,β-unsaturated/α-hetero) is 1. The third-order valence-electron chi connectivity index (χ3n) is 3.92. The van der Waals surface area contributed by atoms with Crippen LogP contribution in [0.15, 0.2) is 66.1 Å². The number of ketones is 1. The summed E-state index contributed by atoms with van der Waals surface area (Å²) >= 11 is 0. The Kier molecular flexibility index (Phi) is 6.39. The molecular formula is C19H21FN2O3S. The Balaban J connectivity index is 2.52. The van der Waals surface area contributed by atoms with Crippen LogP contribution in [-0.4, -0.2) is 29.5 Å². The van der Waals surface area contributed by atoms with Crippen molar-refractivity contribution in [1.29, 1.82) is 0 Å². The van der Waals surface area contributed by atoms with Gasteiger partial charge in [0.2, 0.25) is 10.0 Å². The van der Waals surface area contributed by atoms with E-state index in [1.807, 2.05) is 6.92 Å². The Morgan fingerprint density at radius 3 is 2.42 bits per heavy atom. The van der Waals surface area contributed by atoms with E-state index in [1.54, 1.807) is 30.5 Å². The van der Waals surface area contributed by atoms with Crippen molar-refractivity contribution in [3.8, 4) is 0 Å². The highest BCUT2D eigenvalue weighted by atomic mass is 32.2. The van der Waals surface area contributed by atoms with Gasteiger partial charge < -0.3 is 0 Å². The monoisotopic (exact) mass is 376 g/mol. The SMILES string of the molecule is C=C(F)C[C@@H](C(C)=O)N(Cc1cccnc1)S(=O)(=O)c1ccc(C)cc1. The van der Waals surface area contributed by atoms with Crippen molar-refractivity contribution in [1.82, 2.24) is 9.29 Å². The molecule has 0 N–H and O–H groups in total. The molecule has 2 aromatic rings. The number of hydrogen-bond acceptors (Lipinski definition) is 4. The number of carbonyl (C=O) groups excluding carboxylic acids is 1. The normalized spacial score (nSPS) is 12.8. The van der Waals surface area contributed by atoms with Gasteiger partial charge in [0.25, 0.3) is 0 Å². The molecule has 1 aromatic carbocycles. The molecule has 2 rings (SSSR count). The molecule has 0 bridgehead atoms. The molecule has 5 nitrogen and oxygen atoms in total. The van der Waals surface area contributed by atoms with Gasteiger partial charge in [0, 0.05) is 25.4 Å². The summed E-state index contributed by atoms with van der Waals surface area (Å²) < 4.78 is 40.8. The quantitative estimate of drug-likeness (QED) is 0.708. The van der Waals surface area contributed by atoms with Gasteiger partial charge in [-0.2, -0.15) is 4.31 Å². The molecule has 0 radical (unpaired) electrons. The third kappa shape index (κ3) is 4.83. The van der Waals surface area contributed by atoms with Crippen LogP contribution in [0.5, 0.6) is 0 Å². The summed E-state index contributed by atoms with van der Waals surface area (Å²) in [5.74, 6) is -1.20. The fourth-order valence-electron chi connectivity index (χ4n) is 2.54. The number of hydrogen-bond donors (Lipinski definition) is 0. The van der Waals surface area contributed by atoms with E-state index in [-0.39, 0.29) is 17.9 Å². The predicted molar refractivity (Wildman–Crippen MR) is 97.5 cm³/mol. The molecule has 0 saturated heterocycles. The summed E-state index contributed by atoms with van der Waals surface area (Å²) in [6.45, 7) is 6.17. The maximum absolute atomic E-state index is 13.5. The first-order valence-corrected chi connectivity index (χ1v) is 9.47. The molecule has 0 saturated carbocycles. The second-order valence-corrected chi connectivity index (χ2v) is 7.96. The molecule has 1 atom stereocenters. The average Bonchev–Trinajstić information content (AvgIpc) is 2.58. The van der Waals surface area contributed by atoms with Crippen molar-refractivity contribution in [2.75, 3.05) is 0 Å². The van der Waals surface area contributed by atoms with Crippen molar-refractivity contribution < 1.29 is 17.6 Å². The van der Waals surface area contributed by atoms with Crippen molar-refractivity contribution in [3.05, 3.63) is 72.3 Å². The number of carbonyl (C=O) groups is 1. The van der Waals surface area contributed by atoms with Crippen molar-refractivity contribution in [2.45, 2.75) is 37.8 Å². The highest BCUT2D eigenvalue weighted by Crippen LogP contribution is 2.25. The van der Waals surface area contributed by atoms with Gasteiger partial charge in [0.15, 0.2) is 0 Å². The van der Waals surface area contributed by atoms with E-state index in [1.165, 1.54) is 25.3 Å². The standard InChI is InChI=1S/C19H21FN2O3S/c1-14-6-8-18(9-7-14)26(24,25)22(13-17-5-4-10-21-12-17)19(16(3)23)11-15(2)20/h4-10,12,19H,2,11,13H2,1,3H3/t19-/m0/s1. The third-order valence-corrected chi connectivity index (χ3v) is 5.79. The molecule has 26 heavy (non-hydrogen) atoms. The van der Waals surface area contributed by atoms with Crippen LogP contribution in [0.1, 0.15) is 24.5 Å². The number of aromatic nitrogens is 1. The Morgan fingerprint density at radius 2 is 1.92 bits per heavy atom. The summed E-state index contributed by atoms with van der Waals surface area (Å²) in [6.07, 6.45) is 2.69.